The minimum Gasteiger partial charge on any atom is -0.440 e. The number of anilines is 1. The molecule has 3 nitrogen and oxygen atoms in total. The van der Waals surface area contributed by atoms with Crippen LogP contribution in [0.4, 0.5) is 5.69 Å². The molecule has 1 saturated carbocycles. The maximum absolute atomic E-state index is 5.91. The molecule has 1 fully saturated rings. The second kappa shape index (κ2) is 5.86. The summed E-state index contributed by atoms with van der Waals surface area (Å²) in [6.07, 6.45) is 9.17. The molecule has 1 aliphatic carbocycles. The summed E-state index contributed by atoms with van der Waals surface area (Å²) in [5.74, 6) is 2.34. The van der Waals surface area contributed by atoms with Crippen molar-refractivity contribution >= 4 is 16.8 Å². The van der Waals surface area contributed by atoms with Crippen LogP contribution in [0.5, 0.6) is 0 Å². The predicted molar refractivity (Wildman–Crippen MR) is 82.6 cm³/mol. The molecule has 1 aliphatic rings. The van der Waals surface area contributed by atoms with Gasteiger partial charge in [0.25, 0.3) is 0 Å². The third-order valence-electron chi connectivity index (χ3n) is 4.59. The Bertz CT molecular complexity index is 567. The molecular formula is C17H24N2O. The third-order valence-corrected chi connectivity index (χ3v) is 4.59. The Kier molecular flexibility index (Phi) is 3.95. The molecule has 0 spiro atoms. The number of aromatic nitrogens is 1. The lowest BCUT2D eigenvalue weighted by Crippen LogP contribution is -2.13. The summed E-state index contributed by atoms with van der Waals surface area (Å²) in [6.45, 7) is 2.27. The summed E-state index contributed by atoms with van der Waals surface area (Å²) in [5.41, 5.74) is 8.30. The second-order valence-electron chi connectivity index (χ2n) is 6.14. The van der Waals surface area contributed by atoms with Crippen LogP contribution in [-0.4, -0.2) is 4.98 Å². The van der Waals surface area contributed by atoms with Crippen LogP contribution in [0, 0.1) is 5.92 Å². The molecule has 3 rings (SSSR count). The van der Waals surface area contributed by atoms with Crippen LogP contribution in [-0.2, 0) is 0 Å². The molecule has 0 saturated heterocycles. The summed E-state index contributed by atoms with van der Waals surface area (Å²) in [4.78, 5) is 4.64. The van der Waals surface area contributed by atoms with Crippen molar-refractivity contribution in [3.63, 3.8) is 0 Å². The number of hydrogen-bond donors (Lipinski definition) is 1. The van der Waals surface area contributed by atoms with Crippen molar-refractivity contribution in [3.05, 3.63) is 24.1 Å². The summed E-state index contributed by atoms with van der Waals surface area (Å²) in [6, 6.07) is 5.70. The first-order chi connectivity index (χ1) is 9.76. The van der Waals surface area contributed by atoms with Crippen molar-refractivity contribution < 1.29 is 4.42 Å². The molecule has 0 atom stereocenters. The molecule has 0 bridgehead atoms. The highest BCUT2D eigenvalue weighted by molar-refractivity contribution is 5.76. The van der Waals surface area contributed by atoms with Gasteiger partial charge < -0.3 is 10.2 Å². The van der Waals surface area contributed by atoms with Crippen molar-refractivity contribution in [1.82, 2.24) is 4.98 Å². The lowest BCUT2D eigenvalue weighted by atomic mass is 9.80. The zero-order valence-electron chi connectivity index (χ0n) is 12.3. The van der Waals surface area contributed by atoms with E-state index in [1.165, 1.54) is 44.9 Å². The SMILES string of the molecule is CCCCC1CCC(c2nc3cc(N)ccc3o2)CC1. The van der Waals surface area contributed by atoms with E-state index in [9.17, 15) is 0 Å². The molecule has 0 unspecified atom stereocenters. The molecule has 2 N–H and O–H groups in total. The molecule has 1 heterocycles. The van der Waals surface area contributed by atoms with Crippen molar-refractivity contribution in [2.45, 2.75) is 57.8 Å². The highest BCUT2D eigenvalue weighted by Gasteiger charge is 2.25. The molecule has 108 valence electrons. The van der Waals surface area contributed by atoms with Gasteiger partial charge in [-0.1, -0.05) is 26.2 Å². The van der Waals surface area contributed by atoms with Crippen molar-refractivity contribution in [2.75, 3.05) is 5.73 Å². The Hall–Kier alpha value is -1.51. The van der Waals surface area contributed by atoms with Gasteiger partial charge in [0.2, 0.25) is 0 Å². The first kappa shape index (κ1) is 13.5. The topological polar surface area (TPSA) is 52.0 Å². The third kappa shape index (κ3) is 2.82. The minimum atomic E-state index is 0.501. The largest absolute Gasteiger partial charge is 0.440 e. The van der Waals surface area contributed by atoms with E-state index < -0.39 is 0 Å². The average molecular weight is 272 g/mol. The molecule has 3 heteroatoms. The van der Waals surface area contributed by atoms with E-state index in [1.807, 2.05) is 18.2 Å². The van der Waals surface area contributed by atoms with Gasteiger partial charge in [0, 0.05) is 11.6 Å². The highest BCUT2D eigenvalue weighted by Crippen LogP contribution is 2.38. The van der Waals surface area contributed by atoms with Gasteiger partial charge in [-0.05, 0) is 49.8 Å². The van der Waals surface area contributed by atoms with E-state index in [1.54, 1.807) is 0 Å². The number of unbranched alkanes of at least 4 members (excludes halogenated alkanes) is 1. The number of oxazole rings is 1. The van der Waals surface area contributed by atoms with E-state index in [2.05, 4.69) is 11.9 Å². The fraction of sp³-hybridized carbons (Fsp3) is 0.588. The summed E-state index contributed by atoms with van der Waals surface area (Å²) in [5, 5.41) is 0. The van der Waals surface area contributed by atoms with Gasteiger partial charge in [0.1, 0.15) is 5.52 Å². The van der Waals surface area contributed by atoms with Crippen LogP contribution >= 0.6 is 0 Å². The Morgan fingerprint density at radius 3 is 2.80 bits per heavy atom. The Morgan fingerprint density at radius 2 is 2.05 bits per heavy atom. The van der Waals surface area contributed by atoms with Gasteiger partial charge in [-0.3, -0.25) is 0 Å². The number of benzene rings is 1. The van der Waals surface area contributed by atoms with Crippen molar-refractivity contribution in [3.8, 4) is 0 Å². The predicted octanol–water partition coefficient (Wildman–Crippen LogP) is 4.87. The maximum Gasteiger partial charge on any atom is 0.198 e. The molecule has 2 aromatic rings. The fourth-order valence-electron chi connectivity index (χ4n) is 3.33. The standard InChI is InChI=1S/C17H24N2O/c1-2-3-4-12-5-7-13(8-6-12)17-19-15-11-14(18)9-10-16(15)20-17/h9-13H,2-8,18H2,1H3. The lowest BCUT2D eigenvalue weighted by Gasteiger charge is -2.26. The number of hydrogen-bond acceptors (Lipinski definition) is 3. The van der Waals surface area contributed by atoms with Gasteiger partial charge in [-0.2, -0.15) is 0 Å². The minimum absolute atomic E-state index is 0.501. The maximum atomic E-state index is 5.91. The van der Waals surface area contributed by atoms with E-state index >= 15 is 0 Å². The second-order valence-corrected chi connectivity index (χ2v) is 6.14. The van der Waals surface area contributed by atoms with E-state index in [-0.39, 0.29) is 0 Å². The quantitative estimate of drug-likeness (QED) is 0.807. The first-order valence-electron chi connectivity index (χ1n) is 7.92. The van der Waals surface area contributed by atoms with Gasteiger partial charge in [-0.15, -0.1) is 0 Å². The summed E-state index contributed by atoms with van der Waals surface area (Å²) >= 11 is 0. The first-order valence-corrected chi connectivity index (χ1v) is 7.92. The summed E-state index contributed by atoms with van der Waals surface area (Å²) < 4.78 is 5.91. The Morgan fingerprint density at radius 1 is 1.25 bits per heavy atom. The average Bonchev–Trinajstić information content (AvgIpc) is 2.88. The highest BCUT2D eigenvalue weighted by atomic mass is 16.3. The Balaban J connectivity index is 1.67. The monoisotopic (exact) mass is 272 g/mol. The zero-order valence-corrected chi connectivity index (χ0v) is 12.3. The van der Waals surface area contributed by atoms with Crippen molar-refractivity contribution in [1.29, 1.82) is 0 Å². The van der Waals surface area contributed by atoms with Gasteiger partial charge in [0.05, 0.1) is 0 Å². The van der Waals surface area contributed by atoms with Crippen molar-refractivity contribution in [2.24, 2.45) is 5.92 Å². The molecule has 20 heavy (non-hydrogen) atoms. The summed E-state index contributed by atoms with van der Waals surface area (Å²) in [7, 11) is 0. The lowest BCUT2D eigenvalue weighted by molar-refractivity contribution is 0.280. The molecule has 0 amide bonds. The molecule has 0 aliphatic heterocycles. The molecular weight excluding hydrogens is 248 g/mol. The number of nitrogens with zero attached hydrogens (tertiary/aromatic N) is 1. The van der Waals surface area contributed by atoms with E-state index in [0.717, 1.165) is 28.6 Å². The number of nitrogens with two attached hydrogens (primary N) is 1. The molecule has 0 radical (unpaired) electrons. The van der Waals surface area contributed by atoms with Crippen LogP contribution in [0.15, 0.2) is 22.6 Å². The number of fused-ring (bicyclic) bond motifs is 1. The molecule has 1 aromatic carbocycles. The van der Waals surface area contributed by atoms with E-state index in [4.69, 9.17) is 10.2 Å². The van der Waals surface area contributed by atoms with Crippen LogP contribution in [0.25, 0.3) is 11.1 Å². The Labute approximate surface area is 120 Å². The smallest absolute Gasteiger partial charge is 0.198 e. The normalized spacial score (nSPS) is 23.2. The van der Waals surface area contributed by atoms with Gasteiger partial charge in [0.15, 0.2) is 11.5 Å². The number of nitrogen functional groups attached to an aromatic ring is 1. The fourth-order valence-corrected chi connectivity index (χ4v) is 3.33. The molecule has 1 aromatic heterocycles. The van der Waals surface area contributed by atoms with Crippen LogP contribution in [0.3, 0.4) is 0 Å². The van der Waals surface area contributed by atoms with Gasteiger partial charge >= 0.3 is 0 Å². The van der Waals surface area contributed by atoms with Gasteiger partial charge in [-0.25, -0.2) is 4.98 Å². The number of rotatable bonds is 4. The van der Waals surface area contributed by atoms with E-state index in [0.29, 0.717) is 5.92 Å². The zero-order chi connectivity index (χ0) is 13.9. The van der Waals surface area contributed by atoms with Crippen LogP contribution in [0.2, 0.25) is 0 Å². The van der Waals surface area contributed by atoms with Crippen LogP contribution < -0.4 is 5.73 Å². The van der Waals surface area contributed by atoms with Crippen LogP contribution in [0.1, 0.15) is 63.7 Å².